The van der Waals surface area contributed by atoms with Crippen molar-refractivity contribution in [2.75, 3.05) is 19.7 Å². The maximum atomic E-state index is 12.3. The molecule has 0 bridgehead atoms. The van der Waals surface area contributed by atoms with Crippen molar-refractivity contribution in [3.63, 3.8) is 0 Å². The lowest BCUT2D eigenvalue weighted by Crippen LogP contribution is -2.32. The number of nitrogens with two attached hydrogens (primary N) is 1. The molecule has 0 spiro atoms. The van der Waals surface area contributed by atoms with E-state index in [0.29, 0.717) is 13.0 Å². The van der Waals surface area contributed by atoms with E-state index in [-0.39, 0.29) is 11.9 Å². The first-order chi connectivity index (χ1) is 11.1. The van der Waals surface area contributed by atoms with Crippen LogP contribution in [0.25, 0.3) is 0 Å². The first-order valence-electron chi connectivity index (χ1n) is 8.86. The summed E-state index contributed by atoms with van der Waals surface area (Å²) in [5, 5.41) is 0. The minimum Gasteiger partial charge on any atom is -0.494 e. The monoisotopic (exact) mass is 318 g/mol. The summed E-state index contributed by atoms with van der Waals surface area (Å²) in [5.74, 6) is 1.23. The van der Waals surface area contributed by atoms with Gasteiger partial charge >= 0.3 is 0 Å². The normalized spacial score (nSPS) is 18.6. The summed E-state index contributed by atoms with van der Waals surface area (Å²) in [4.78, 5) is 14.3. The third kappa shape index (κ3) is 5.54. The molecule has 2 rings (SSSR count). The van der Waals surface area contributed by atoms with Crippen LogP contribution in [-0.4, -0.2) is 36.5 Å². The fraction of sp³-hybridized carbons (Fsp3) is 0.632. The molecule has 0 saturated carbocycles. The summed E-state index contributed by atoms with van der Waals surface area (Å²) >= 11 is 0. The summed E-state index contributed by atoms with van der Waals surface area (Å²) in [7, 11) is 0. The van der Waals surface area contributed by atoms with E-state index in [2.05, 4.69) is 19.1 Å². The molecule has 1 aromatic rings. The molecule has 4 heteroatoms. The largest absolute Gasteiger partial charge is 0.494 e. The number of likely N-dealkylation sites (tertiary alicyclic amines) is 1. The number of carbonyl (C=O) groups is 1. The fourth-order valence-corrected chi connectivity index (χ4v) is 3.16. The number of ether oxygens (including phenoxy) is 1. The number of carbonyl (C=O) groups excluding carboxylic acids is 1. The molecule has 2 N–H and O–H groups in total. The number of nitrogens with zero attached hydrogens (tertiary/aromatic N) is 1. The standard InChI is InChI=1S/C19H30N2O2/c1-3-23-18-10-9-16(14-15(18)2)6-4-8-19(22)21-12-5-7-17(20)11-13-21/h9-10,14,17H,3-8,11-13,20H2,1-2H3/t17-/m1/s1. The molecule has 128 valence electrons. The molecule has 23 heavy (non-hydrogen) atoms. The lowest BCUT2D eigenvalue weighted by atomic mass is 10.0. The van der Waals surface area contributed by atoms with E-state index in [4.69, 9.17) is 10.5 Å². The highest BCUT2D eigenvalue weighted by Crippen LogP contribution is 2.20. The Morgan fingerprint density at radius 2 is 2.17 bits per heavy atom. The second-order valence-corrected chi connectivity index (χ2v) is 6.46. The molecule has 1 aliphatic rings. The molecule has 1 aliphatic heterocycles. The molecule has 4 nitrogen and oxygen atoms in total. The second-order valence-electron chi connectivity index (χ2n) is 6.46. The molecule has 0 aliphatic carbocycles. The van der Waals surface area contributed by atoms with Crippen LogP contribution >= 0.6 is 0 Å². The summed E-state index contributed by atoms with van der Waals surface area (Å²) in [6, 6.07) is 6.57. The number of rotatable bonds is 6. The zero-order valence-corrected chi connectivity index (χ0v) is 14.5. The van der Waals surface area contributed by atoms with Gasteiger partial charge in [0.2, 0.25) is 5.91 Å². The van der Waals surface area contributed by atoms with Gasteiger partial charge in [-0.1, -0.05) is 12.1 Å². The van der Waals surface area contributed by atoms with E-state index in [9.17, 15) is 4.79 Å². The molecule has 1 aromatic carbocycles. The molecule has 0 aromatic heterocycles. The van der Waals surface area contributed by atoms with Gasteiger partial charge in [-0.2, -0.15) is 0 Å². The second kappa shape index (κ2) is 8.92. The van der Waals surface area contributed by atoms with Crippen LogP contribution in [0.4, 0.5) is 0 Å². The number of amides is 1. The molecule has 1 heterocycles. The Bertz CT molecular complexity index is 516. The Hall–Kier alpha value is -1.55. The fourth-order valence-electron chi connectivity index (χ4n) is 3.16. The highest BCUT2D eigenvalue weighted by molar-refractivity contribution is 5.76. The molecular formula is C19H30N2O2. The summed E-state index contributed by atoms with van der Waals surface area (Å²) < 4.78 is 5.56. The van der Waals surface area contributed by atoms with E-state index >= 15 is 0 Å². The molecular weight excluding hydrogens is 288 g/mol. The number of hydrogen-bond donors (Lipinski definition) is 1. The lowest BCUT2D eigenvalue weighted by molar-refractivity contribution is -0.131. The van der Waals surface area contributed by atoms with Gasteiger partial charge in [0.15, 0.2) is 0 Å². The molecule has 1 fully saturated rings. The maximum Gasteiger partial charge on any atom is 0.222 e. The van der Waals surface area contributed by atoms with Crippen molar-refractivity contribution < 1.29 is 9.53 Å². The van der Waals surface area contributed by atoms with Crippen molar-refractivity contribution in [1.82, 2.24) is 4.90 Å². The van der Waals surface area contributed by atoms with E-state index in [0.717, 1.165) is 56.5 Å². The minimum absolute atomic E-state index is 0.264. The quantitative estimate of drug-likeness (QED) is 0.877. The van der Waals surface area contributed by atoms with Gasteiger partial charge in [-0.15, -0.1) is 0 Å². The van der Waals surface area contributed by atoms with E-state index in [1.165, 1.54) is 5.56 Å². The highest BCUT2D eigenvalue weighted by Gasteiger charge is 2.18. The maximum absolute atomic E-state index is 12.3. The molecule has 1 saturated heterocycles. The van der Waals surface area contributed by atoms with Crippen molar-refractivity contribution >= 4 is 5.91 Å². The average molecular weight is 318 g/mol. The average Bonchev–Trinajstić information content (AvgIpc) is 2.75. The van der Waals surface area contributed by atoms with Crippen molar-refractivity contribution in [1.29, 1.82) is 0 Å². The van der Waals surface area contributed by atoms with Crippen LogP contribution in [0.2, 0.25) is 0 Å². The number of hydrogen-bond acceptors (Lipinski definition) is 3. The van der Waals surface area contributed by atoms with Crippen LogP contribution < -0.4 is 10.5 Å². The highest BCUT2D eigenvalue weighted by atomic mass is 16.5. The molecule has 1 amide bonds. The Labute approximate surface area is 140 Å². The molecule has 0 radical (unpaired) electrons. The molecule has 0 unspecified atom stereocenters. The third-order valence-corrected chi connectivity index (χ3v) is 4.52. The topological polar surface area (TPSA) is 55.6 Å². The Kier molecular flexibility index (Phi) is 6.90. The zero-order valence-electron chi connectivity index (χ0n) is 14.5. The lowest BCUT2D eigenvalue weighted by Gasteiger charge is -2.20. The van der Waals surface area contributed by atoms with Crippen LogP contribution in [0.5, 0.6) is 5.75 Å². The summed E-state index contributed by atoms with van der Waals surface area (Å²) in [6.07, 6.45) is 5.46. The number of aryl methyl sites for hydroxylation is 2. The van der Waals surface area contributed by atoms with Crippen LogP contribution in [0.1, 0.15) is 50.2 Å². The van der Waals surface area contributed by atoms with Gasteiger partial charge in [-0.25, -0.2) is 0 Å². The first kappa shape index (κ1) is 17.8. The Morgan fingerprint density at radius 1 is 1.35 bits per heavy atom. The van der Waals surface area contributed by atoms with Gasteiger partial charge in [0.25, 0.3) is 0 Å². The van der Waals surface area contributed by atoms with Crippen molar-refractivity contribution in [2.24, 2.45) is 5.73 Å². The van der Waals surface area contributed by atoms with Crippen LogP contribution in [0, 0.1) is 6.92 Å². The van der Waals surface area contributed by atoms with Gasteiger partial charge in [0.1, 0.15) is 5.75 Å². The van der Waals surface area contributed by atoms with Gasteiger partial charge in [-0.05, 0) is 63.1 Å². The van der Waals surface area contributed by atoms with Crippen molar-refractivity contribution in [3.8, 4) is 5.75 Å². The smallest absolute Gasteiger partial charge is 0.222 e. The predicted molar refractivity (Wildman–Crippen MR) is 93.7 cm³/mol. The third-order valence-electron chi connectivity index (χ3n) is 4.52. The number of benzene rings is 1. The minimum atomic E-state index is 0.264. The predicted octanol–water partition coefficient (Wildman–Crippen LogP) is 3.06. The Morgan fingerprint density at radius 3 is 2.91 bits per heavy atom. The van der Waals surface area contributed by atoms with Crippen molar-refractivity contribution in [3.05, 3.63) is 29.3 Å². The van der Waals surface area contributed by atoms with Crippen molar-refractivity contribution in [2.45, 2.75) is 58.4 Å². The van der Waals surface area contributed by atoms with Crippen LogP contribution in [-0.2, 0) is 11.2 Å². The summed E-state index contributed by atoms with van der Waals surface area (Å²) in [5.41, 5.74) is 8.41. The van der Waals surface area contributed by atoms with Gasteiger partial charge in [-0.3, -0.25) is 4.79 Å². The van der Waals surface area contributed by atoms with E-state index < -0.39 is 0 Å². The van der Waals surface area contributed by atoms with E-state index in [1.807, 2.05) is 17.9 Å². The molecule has 1 atom stereocenters. The summed E-state index contributed by atoms with van der Waals surface area (Å²) in [6.45, 7) is 6.44. The van der Waals surface area contributed by atoms with Crippen LogP contribution in [0.3, 0.4) is 0 Å². The van der Waals surface area contributed by atoms with Crippen LogP contribution in [0.15, 0.2) is 18.2 Å². The van der Waals surface area contributed by atoms with Gasteiger partial charge < -0.3 is 15.4 Å². The van der Waals surface area contributed by atoms with Gasteiger partial charge in [0, 0.05) is 25.6 Å². The Balaban J connectivity index is 1.78. The first-order valence-corrected chi connectivity index (χ1v) is 8.86. The SMILES string of the molecule is CCOc1ccc(CCCC(=O)N2CCC[C@@H](N)CC2)cc1C. The van der Waals surface area contributed by atoms with Gasteiger partial charge in [0.05, 0.1) is 6.61 Å². The van der Waals surface area contributed by atoms with E-state index in [1.54, 1.807) is 0 Å². The zero-order chi connectivity index (χ0) is 16.7.